The average molecular weight is 343 g/mol. The predicted molar refractivity (Wildman–Crippen MR) is 94.8 cm³/mol. The van der Waals surface area contributed by atoms with Gasteiger partial charge in [0.25, 0.3) is 5.91 Å². The van der Waals surface area contributed by atoms with Gasteiger partial charge in [0.05, 0.1) is 11.4 Å². The number of aryl methyl sites for hydroxylation is 2. The molecule has 1 fully saturated rings. The first-order chi connectivity index (χ1) is 12.0. The third kappa shape index (κ3) is 3.65. The van der Waals surface area contributed by atoms with Gasteiger partial charge in [-0.2, -0.15) is 5.10 Å². The third-order valence-electron chi connectivity index (χ3n) is 4.52. The van der Waals surface area contributed by atoms with Crippen molar-refractivity contribution in [2.45, 2.75) is 40.0 Å². The number of nitrogens with zero attached hydrogens (tertiary/aromatic N) is 5. The highest BCUT2D eigenvalue weighted by atomic mass is 16.5. The molecular weight excluding hydrogens is 318 g/mol. The molecule has 1 amide bonds. The van der Waals surface area contributed by atoms with E-state index in [4.69, 9.17) is 4.52 Å². The molecule has 7 nitrogen and oxygen atoms in total. The monoisotopic (exact) mass is 343 g/mol. The van der Waals surface area contributed by atoms with Crippen molar-refractivity contribution in [2.24, 2.45) is 0 Å². The summed E-state index contributed by atoms with van der Waals surface area (Å²) in [5.74, 6) is 1.68. The molecule has 0 N–H and O–H groups in total. The van der Waals surface area contributed by atoms with E-state index in [2.05, 4.69) is 20.3 Å². The van der Waals surface area contributed by atoms with Gasteiger partial charge in [-0.05, 0) is 32.4 Å². The van der Waals surface area contributed by atoms with E-state index in [1.54, 1.807) is 0 Å². The normalized spacial score (nSPS) is 15.6. The van der Waals surface area contributed by atoms with E-state index in [1.807, 2.05) is 44.7 Å². The minimum atomic E-state index is 0.0132. The Hall–Kier alpha value is -2.44. The molecule has 2 aromatic rings. The van der Waals surface area contributed by atoms with Crippen LogP contribution < -0.4 is 4.90 Å². The molecule has 0 atom stereocenters. The zero-order chi connectivity index (χ0) is 18.0. The van der Waals surface area contributed by atoms with E-state index >= 15 is 0 Å². The summed E-state index contributed by atoms with van der Waals surface area (Å²) in [6.07, 6.45) is 0.892. The number of rotatable bonds is 3. The van der Waals surface area contributed by atoms with Crippen molar-refractivity contribution in [3.63, 3.8) is 0 Å². The summed E-state index contributed by atoms with van der Waals surface area (Å²) >= 11 is 0. The van der Waals surface area contributed by atoms with Crippen LogP contribution in [0.5, 0.6) is 0 Å². The topological polar surface area (TPSA) is 75.4 Å². The lowest BCUT2D eigenvalue weighted by atomic mass is 10.0. The Labute approximate surface area is 148 Å². The van der Waals surface area contributed by atoms with E-state index < -0.39 is 0 Å². The molecule has 0 spiro atoms. The summed E-state index contributed by atoms with van der Waals surface area (Å²) in [6, 6.07) is 3.95. The molecule has 25 heavy (non-hydrogen) atoms. The fourth-order valence-electron chi connectivity index (χ4n) is 3.11. The highest BCUT2D eigenvalue weighted by Gasteiger charge is 2.28. The fraction of sp³-hybridized carbons (Fsp3) is 0.556. The van der Waals surface area contributed by atoms with Gasteiger partial charge in [0, 0.05) is 32.1 Å². The summed E-state index contributed by atoms with van der Waals surface area (Å²) in [6.45, 7) is 10.7. The standard InChI is InChI=1S/C18H25N5O2/c1-12(2)17-16(14(4)21-25-17)18(24)23-9-5-8-22(10-11-23)15-7-6-13(3)19-20-15/h6-7,12H,5,8-11H2,1-4H3. The van der Waals surface area contributed by atoms with Crippen LogP contribution in [0.25, 0.3) is 0 Å². The number of anilines is 1. The first-order valence-electron chi connectivity index (χ1n) is 8.78. The van der Waals surface area contributed by atoms with Crippen LogP contribution in [0.2, 0.25) is 0 Å². The van der Waals surface area contributed by atoms with E-state index in [9.17, 15) is 4.79 Å². The molecule has 0 aliphatic carbocycles. The molecule has 1 aliphatic heterocycles. The minimum Gasteiger partial charge on any atom is -0.360 e. The molecule has 1 aliphatic rings. The number of hydrogen-bond donors (Lipinski definition) is 0. The molecular formula is C18H25N5O2. The first-order valence-corrected chi connectivity index (χ1v) is 8.78. The van der Waals surface area contributed by atoms with E-state index in [-0.39, 0.29) is 11.8 Å². The summed E-state index contributed by atoms with van der Waals surface area (Å²) in [5.41, 5.74) is 2.19. The smallest absolute Gasteiger partial charge is 0.259 e. The molecule has 0 unspecified atom stereocenters. The van der Waals surface area contributed by atoms with Crippen LogP contribution in [0.4, 0.5) is 5.82 Å². The molecule has 0 radical (unpaired) electrons. The zero-order valence-corrected chi connectivity index (χ0v) is 15.3. The maximum atomic E-state index is 13.0. The van der Waals surface area contributed by atoms with Crippen LogP contribution in [0, 0.1) is 13.8 Å². The Balaban J connectivity index is 1.74. The average Bonchev–Trinajstić information content (AvgIpc) is 2.81. The van der Waals surface area contributed by atoms with Gasteiger partial charge in [-0.25, -0.2) is 0 Å². The van der Waals surface area contributed by atoms with Crippen molar-refractivity contribution in [1.29, 1.82) is 0 Å². The maximum Gasteiger partial charge on any atom is 0.259 e. The number of hydrogen-bond acceptors (Lipinski definition) is 6. The van der Waals surface area contributed by atoms with Crippen LogP contribution in [0.1, 0.15) is 53.7 Å². The third-order valence-corrected chi connectivity index (χ3v) is 4.52. The largest absolute Gasteiger partial charge is 0.360 e. The second-order valence-electron chi connectivity index (χ2n) is 6.83. The van der Waals surface area contributed by atoms with Gasteiger partial charge in [0.1, 0.15) is 5.56 Å². The summed E-state index contributed by atoms with van der Waals surface area (Å²) in [4.78, 5) is 17.1. The van der Waals surface area contributed by atoms with Crippen molar-refractivity contribution < 1.29 is 9.32 Å². The summed E-state index contributed by atoms with van der Waals surface area (Å²) in [7, 11) is 0. The van der Waals surface area contributed by atoms with Gasteiger partial charge < -0.3 is 14.3 Å². The van der Waals surface area contributed by atoms with Crippen LogP contribution in [0.15, 0.2) is 16.7 Å². The summed E-state index contributed by atoms with van der Waals surface area (Å²) < 4.78 is 5.38. The Morgan fingerprint density at radius 2 is 1.92 bits per heavy atom. The second-order valence-corrected chi connectivity index (χ2v) is 6.83. The molecule has 134 valence electrons. The zero-order valence-electron chi connectivity index (χ0n) is 15.3. The summed E-state index contributed by atoms with van der Waals surface area (Å²) in [5, 5.41) is 12.4. The quantitative estimate of drug-likeness (QED) is 0.852. The number of carbonyl (C=O) groups excluding carboxylic acids is 1. The molecule has 3 heterocycles. The molecule has 0 bridgehead atoms. The Bertz CT molecular complexity index is 738. The van der Waals surface area contributed by atoms with Gasteiger partial charge in [0.2, 0.25) is 0 Å². The fourth-order valence-corrected chi connectivity index (χ4v) is 3.11. The molecule has 7 heteroatoms. The Morgan fingerprint density at radius 1 is 1.12 bits per heavy atom. The van der Waals surface area contributed by atoms with Crippen LogP contribution >= 0.6 is 0 Å². The molecule has 3 rings (SSSR count). The lowest BCUT2D eigenvalue weighted by Gasteiger charge is -2.22. The highest BCUT2D eigenvalue weighted by molar-refractivity contribution is 5.96. The van der Waals surface area contributed by atoms with Crippen LogP contribution in [0.3, 0.4) is 0 Å². The van der Waals surface area contributed by atoms with Gasteiger partial charge in [-0.3, -0.25) is 4.79 Å². The predicted octanol–water partition coefficient (Wildman–Crippen LogP) is 2.56. The Kier molecular flexibility index (Phi) is 5.01. The Morgan fingerprint density at radius 3 is 2.60 bits per heavy atom. The van der Waals surface area contributed by atoms with Crippen molar-refractivity contribution >= 4 is 11.7 Å². The minimum absolute atomic E-state index is 0.0132. The molecule has 0 saturated carbocycles. The van der Waals surface area contributed by atoms with Gasteiger partial charge in [0.15, 0.2) is 11.6 Å². The van der Waals surface area contributed by atoms with Crippen molar-refractivity contribution in [2.75, 3.05) is 31.1 Å². The lowest BCUT2D eigenvalue weighted by molar-refractivity contribution is 0.0763. The first kappa shape index (κ1) is 17.4. The number of aromatic nitrogens is 3. The van der Waals surface area contributed by atoms with E-state index in [0.717, 1.165) is 37.6 Å². The number of amides is 1. The van der Waals surface area contributed by atoms with Crippen LogP contribution in [-0.2, 0) is 0 Å². The van der Waals surface area contributed by atoms with E-state index in [1.165, 1.54) is 0 Å². The van der Waals surface area contributed by atoms with Crippen LogP contribution in [-0.4, -0.2) is 52.3 Å². The molecule has 0 aromatic carbocycles. The highest BCUT2D eigenvalue weighted by Crippen LogP contribution is 2.24. The molecule has 2 aromatic heterocycles. The molecule has 1 saturated heterocycles. The maximum absolute atomic E-state index is 13.0. The number of carbonyl (C=O) groups is 1. The second kappa shape index (κ2) is 7.21. The van der Waals surface area contributed by atoms with Gasteiger partial charge >= 0.3 is 0 Å². The van der Waals surface area contributed by atoms with Crippen molar-refractivity contribution in [3.8, 4) is 0 Å². The SMILES string of the molecule is Cc1ccc(N2CCCN(C(=O)c3c(C)noc3C(C)C)CC2)nn1. The lowest BCUT2D eigenvalue weighted by Crippen LogP contribution is -2.36. The van der Waals surface area contributed by atoms with E-state index in [0.29, 0.717) is 23.6 Å². The van der Waals surface area contributed by atoms with Crippen molar-refractivity contribution in [1.82, 2.24) is 20.3 Å². The van der Waals surface area contributed by atoms with Gasteiger partial charge in [-0.1, -0.05) is 19.0 Å². The van der Waals surface area contributed by atoms with Gasteiger partial charge in [-0.15, -0.1) is 5.10 Å². The van der Waals surface area contributed by atoms with Crippen molar-refractivity contribution in [3.05, 3.63) is 34.8 Å².